The molecule has 6 nitrogen and oxygen atoms in total. The number of carbonyl (C=O) groups is 3. The summed E-state index contributed by atoms with van der Waals surface area (Å²) in [6.07, 6.45) is 21.0. The zero-order valence-electron chi connectivity index (χ0n) is 22.5. The first-order valence-corrected chi connectivity index (χ1v) is 13.8. The molecule has 6 heteroatoms. The lowest BCUT2D eigenvalue weighted by Crippen LogP contribution is -2.48. The van der Waals surface area contributed by atoms with Gasteiger partial charge in [0.05, 0.1) is 5.92 Å². The number of allylic oxidation sites excluding steroid dienone is 3. The van der Waals surface area contributed by atoms with Crippen LogP contribution in [0.4, 0.5) is 0 Å². The van der Waals surface area contributed by atoms with Crippen LogP contribution in [0.5, 0.6) is 0 Å². The van der Waals surface area contributed by atoms with Gasteiger partial charge in [0.2, 0.25) is 6.41 Å². The fourth-order valence-electron chi connectivity index (χ4n) is 4.34. The number of amides is 1. The second kappa shape index (κ2) is 19.1. The van der Waals surface area contributed by atoms with Crippen molar-refractivity contribution in [3.63, 3.8) is 0 Å². The maximum absolute atomic E-state index is 12.8. The fourth-order valence-corrected chi connectivity index (χ4v) is 4.34. The molecular formula is C29H49NO5. The van der Waals surface area contributed by atoms with Crippen LogP contribution < -0.4 is 5.32 Å². The molecule has 0 aliphatic carbocycles. The van der Waals surface area contributed by atoms with Gasteiger partial charge in [0.15, 0.2) is 0 Å². The highest BCUT2D eigenvalue weighted by Crippen LogP contribution is 2.32. The van der Waals surface area contributed by atoms with E-state index in [-0.39, 0.29) is 23.9 Å². The molecule has 1 saturated heterocycles. The van der Waals surface area contributed by atoms with Crippen LogP contribution in [-0.2, 0) is 23.9 Å². The van der Waals surface area contributed by atoms with E-state index in [0.717, 1.165) is 38.5 Å². The standard InChI is InChI=1S/C29H49NO5/c1-5-7-9-11-12-13-14-15-16-18-24(34-29(33)26(30-22-31)20-23(3)4)21-27-25(28(32)35-27)19-17-10-8-6-2/h12-13,15-16,22-27H,5-11,14,17-21H2,1-4H3,(H,30,31)/b13-12-,16-15-/t24-,25+,26+,27+/m1/s1. The smallest absolute Gasteiger partial charge is 0.328 e. The summed E-state index contributed by atoms with van der Waals surface area (Å²) in [4.78, 5) is 35.9. The zero-order valence-corrected chi connectivity index (χ0v) is 22.5. The molecule has 35 heavy (non-hydrogen) atoms. The van der Waals surface area contributed by atoms with Crippen LogP contribution in [0.25, 0.3) is 0 Å². The Kier molecular flexibility index (Phi) is 16.9. The Balaban J connectivity index is 2.70. The first kappa shape index (κ1) is 30.9. The SMILES string of the molecule is CCCCC/C=C\C/C=C\C[C@H](C[C@@H]1OC(=O)[C@H]1CCCCCC)OC(=O)[C@H](CC(C)C)NC=O. The lowest BCUT2D eigenvalue weighted by Gasteiger charge is -2.37. The minimum Gasteiger partial charge on any atom is -0.461 e. The second-order valence-electron chi connectivity index (χ2n) is 10.1. The average Bonchev–Trinajstić information content (AvgIpc) is 2.81. The van der Waals surface area contributed by atoms with Gasteiger partial charge in [-0.15, -0.1) is 0 Å². The fraction of sp³-hybridized carbons (Fsp3) is 0.759. The van der Waals surface area contributed by atoms with E-state index >= 15 is 0 Å². The molecule has 200 valence electrons. The average molecular weight is 492 g/mol. The largest absolute Gasteiger partial charge is 0.461 e. The Morgan fingerprint density at radius 3 is 2.40 bits per heavy atom. The van der Waals surface area contributed by atoms with Crippen LogP contribution >= 0.6 is 0 Å². The van der Waals surface area contributed by atoms with Gasteiger partial charge in [0.25, 0.3) is 0 Å². The number of cyclic esters (lactones) is 1. The highest BCUT2D eigenvalue weighted by molar-refractivity contribution is 5.79. The maximum Gasteiger partial charge on any atom is 0.328 e. The van der Waals surface area contributed by atoms with Crippen LogP contribution in [0, 0.1) is 11.8 Å². The van der Waals surface area contributed by atoms with Crippen molar-refractivity contribution in [1.29, 1.82) is 0 Å². The van der Waals surface area contributed by atoms with Gasteiger partial charge < -0.3 is 14.8 Å². The molecule has 0 unspecified atom stereocenters. The molecule has 0 aromatic rings. The van der Waals surface area contributed by atoms with Crippen LogP contribution in [0.2, 0.25) is 0 Å². The monoisotopic (exact) mass is 491 g/mol. The topological polar surface area (TPSA) is 81.7 Å². The van der Waals surface area contributed by atoms with Gasteiger partial charge in [-0.3, -0.25) is 9.59 Å². The Bertz CT molecular complexity index is 657. The minimum atomic E-state index is -0.668. The third-order valence-corrected chi connectivity index (χ3v) is 6.41. The zero-order chi connectivity index (χ0) is 25.9. The molecule has 1 amide bonds. The third kappa shape index (κ3) is 13.5. The molecule has 1 aliphatic rings. The van der Waals surface area contributed by atoms with Gasteiger partial charge in [-0.25, -0.2) is 4.79 Å². The molecule has 0 spiro atoms. The lowest BCUT2D eigenvalue weighted by atomic mass is 9.87. The quantitative estimate of drug-likeness (QED) is 0.0865. The number of ether oxygens (including phenoxy) is 2. The van der Waals surface area contributed by atoms with Crippen molar-refractivity contribution in [3.8, 4) is 0 Å². The van der Waals surface area contributed by atoms with Crippen LogP contribution in [0.15, 0.2) is 24.3 Å². The predicted molar refractivity (Wildman–Crippen MR) is 141 cm³/mol. The van der Waals surface area contributed by atoms with E-state index in [9.17, 15) is 14.4 Å². The van der Waals surface area contributed by atoms with E-state index < -0.39 is 18.1 Å². The summed E-state index contributed by atoms with van der Waals surface area (Å²) in [6.45, 7) is 8.37. The summed E-state index contributed by atoms with van der Waals surface area (Å²) in [5.74, 6) is -0.434. The highest BCUT2D eigenvalue weighted by atomic mass is 16.6. The number of hydrogen-bond acceptors (Lipinski definition) is 5. The molecule has 1 aliphatic heterocycles. The molecule has 0 radical (unpaired) electrons. The maximum atomic E-state index is 12.8. The van der Waals surface area contributed by atoms with E-state index in [0.29, 0.717) is 25.7 Å². The van der Waals surface area contributed by atoms with E-state index in [1.165, 1.54) is 25.7 Å². The van der Waals surface area contributed by atoms with Crippen LogP contribution in [0.1, 0.15) is 111 Å². The Hall–Kier alpha value is -2.11. The van der Waals surface area contributed by atoms with Gasteiger partial charge in [-0.1, -0.05) is 90.5 Å². The molecule has 1 heterocycles. The first-order chi connectivity index (χ1) is 16.9. The van der Waals surface area contributed by atoms with E-state index in [1.54, 1.807) is 0 Å². The molecule has 1 fully saturated rings. The first-order valence-electron chi connectivity index (χ1n) is 13.8. The molecular weight excluding hydrogens is 442 g/mol. The third-order valence-electron chi connectivity index (χ3n) is 6.41. The van der Waals surface area contributed by atoms with Gasteiger partial charge in [0.1, 0.15) is 18.2 Å². The lowest BCUT2D eigenvalue weighted by molar-refractivity contribution is -0.190. The van der Waals surface area contributed by atoms with Gasteiger partial charge >= 0.3 is 11.9 Å². The molecule has 0 bridgehead atoms. The number of rotatable bonds is 21. The summed E-state index contributed by atoms with van der Waals surface area (Å²) in [6, 6.07) is -0.668. The number of hydrogen-bond donors (Lipinski definition) is 1. The Morgan fingerprint density at radius 1 is 1.03 bits per heavy atom. The van der Waals surface area contributed by atoms with Gasteiger partial charge in [-0.05, 0) is 38.0 Å². The molecule has 0 aromatic carbocycles. The number of unbranched alkanes of at least 4 members (excludes halogenated alkanes) is 6. The normalized spacial score (nSPS) is 19.5. The number of carbonyl (C=O) groups excluding carboxylic acids is 3. The van der Waals surface area contributed by atoms with Gasteiger partial charge in [-0.2, -0.15) is 0 Å². The van der Waals surface area contributed by atoms with E-state index in [1.807, 2.05) is 19.9 Å². The van der Waals surface area contributed by atoms with Crippen molar-refractivity contribution >= 4 is 18.3 Å². The minimum absolute atomic E-state index is 0.109. The Labute approximate surface area is 213 Å². The van der Waals surface area contributed by atoms with Crippen molar-refractivity contribution < 1.29 is 23.9 Å². The number of nitrogens with one attached hydrogen (secondary N) is 1. The van der Waals surface area contributed by atoms with Crippen molar-refractivity contribution in [2.75, 3.05) is 0 Å². The molecule has 1 N–H and O–H groups in total. The van der Waals surface area contributed by atoms with Crippen LogP contribution in [-0.4, -0.2) is 36.6 Å². The number of esters is 2. The molecule has 0 saturated carbocycles. The summed E-state index contributed by atoms with van der Waals surface area (Å²) >= 11 is 0. The summed E-state index contributed by atoms with van der Waals surface area (Å²) < 4.78 is 11.3. The predicted octanol–water partition coefficient (Wildman–Crippen LogP) is 6.43. The van der Waals surface area contributed by atoms with Crippen LogP contribution in [0.3, 0.4) is 0 Å². The highest BCUT2D eigenvalue weighted by Gasteiger charge is 2.43. The molecule has 4 atom stereocenters. The van der Waals surface area contributed by atoms with Crippen molar-refractivity contribution in [1.82, 2.24) is 5.32 Å². The summed E-state index contributed by atoms with van der Waals surface area (Å²) in [5, 5.41) is 2.59. The summed E-state index contributed by atoms with van der Waals surface area (Å²) in [5.41, 5.74) is 0. The van der Waals surface area contributed by atoms with Crippen molar-refractivity contribution in [2.45, 2.75) is 129 Å². The van der Waals surface area contributed by atoms with Crippen molar-refractivity contribution in [2.24, 2.45) is 11.8 Å². The molecule has 0 aromatic heterocycles. The van der Waals surface area contributed by atoms with E-state index in [2.05, 4.69) is 37.4 Å². The molecule has 1 rings (SSSR count). The van der Waals surface area contributed by atoms with Crippen molar-refractivity contribution in [3.05, 3.63) is 24.3 Å². The van der Waals surface area contributed by atoms with E-state index in [4.69, 9.17) is 9.47 Å². The Morgan fingerprint density at radius 2 is 1.74 bits per heavy atom. The summed E-state index contributed by atoms with van der Waals surface area (Å²) in [7, 11) is 0. The van der Waals surface area contributed by atoms with Gasteiger partial charge in [0, 0.05) is 12.8 Å². The second-order valence-corrected chi connectivity index (χ2v) is 10.1.